The number of halogens is 1. The third kappa shape index (κ3) is 4.22. The van der Waals surface area contributed by atoms with Crippen molar-refractivity contribution in [1.82, 2.24) is 9.66 Å². The second-order valence-electron chi connectivity index (χ2n) is 5.36. The van der Waals surface area contributed by atoms with Gasteiger partial charge in [-0.05, 0) is 37.3 Å². The summed E-state index contributed by atoms with van der Waals surface area (Å²) in [5.41, 5.74) is 7.09. The van der Waals surface area contributed by atoms with Crippen molar-refractivity contribution >= 4 is 41.2 Å². The number of nitrogen functional groups attached to an aromatic ring is 1. The topological polar surface area (TPSA) is 99.3 Å². The van der Waals surface area contributed by atoms with E-state index in [9.17, 15) is 10.1 Å². The summed E-state index contributed by atoms with van der Waals surface area (Å²) in [6, 6.07) is 12.0. The zero-order valence-corrected chi connectivity index (χ0v) is 15.2. The minimum Gasteiger partial charge on any atom is -0.368 e. The first-order chi connectivity index (χ1) is 12.4. The van der Waals surface area contributed by atoms with Crippen molar-refractivity contribution in [3.05, 3.63) is 75.1 Å². The summed E-state index contributed by atoms with van der Waals surface area (Å²) >= 11 is 7.37. The molecule has 132 valence electrons. The number of rotatable bonds is 5. The van der Waals surface area contributed by atoms with Crippen LogP contribution in [0, 0.1) is 17.0 Å². The van der Waals surface area contributed by atoms with Gasteiger partial charge in [-0.15, -0.1) is 0 Å². The molecule has 7 nitrogen and oxygen atoms in total. The molecule has 9 heteroatoms. The maximum atomic E-state index is 11.1. The Morgan fingerprint density at radius 3 is 2.65 bits per heavy atom. The van der Waals surface area contributed by atoms with Crippen LogP contribution >= 0.6 is 23.4 Å². The van der Waals surface area contributed by atoms with Crippen LogP contribution in [0.25, 0.3) is 0 Å². The van der Waals surface area contributed by atoms with Gasteiger partial charge in [-0.2, -0.15) is 5.10 Å². The van der Waals surface area contributed by atoms with E-state index in [4.69, 9.17) is 17.3 Å². The number of nitro benzene ring substituents is 1. The number of nitrogens with two attached hydrogens (primary N) is 1. The number of imidazole rings is 1. The van der Waals surface area contributed by atoms with E-state index in [1.165, 1.54) is 34.8 Å². The summed E-state index contributed by atoms with van der Waals surface area (Å²) in [7, 11) is 0. The molecule has 26 heavy (non-hydrogen) atoms. The molecule has 2 N–H and O–H groups in total. The van der Waals surface area contributed by atoms with E-state index < -0.39 is 4.92 Å². The van der Waals surface area contributed by atoms with E-state index >= 15 is 0 Å². The fourth-order valence-corrected chi connectivity index (χ4v) is 3.21. The van der Waals surface area contributed by atoms with Crippen LogP contribution in [0.1, 0.15) is 11.3 Å². The van der Waals surface area contributed by atoms with E-state index in [1.807, 2.05) is 12.1 Å². The van der Waals surface area contributed by atoms with E-state index in [-0.39, 0.29) is 11.6 Å². The Morgan fingerprint density at radius 1 is 1.31 bits per heavy atom. The molecule has 0 aliphatic rings. The van der Waals surface area contributed by atoms with Crippen LogP contribution in [0.2, 0.25) is 5.02 Å². The maximum absolute atomic E-state index is 11.1. The van der Waals surface area contributed by atoms with Gasteiger partial charge in [0.05, 0.1) is 23.0 Å². The van der Waals surface area contributed by atoms with Crippen LogP contribution in [0.5, 0.6) is 0 Å². The van der Waals surface area contributed by atoms with E-state index in [2.05, 4.69) is 10.1 Å². The van der Waals surface area contributed by atoms with Crippen LogP contribution in [0.3, 0.4) is 0 Å². The van der Waals surface area contributed by atoms with Crippen molar-refractivity contribution in [2.75, 3.05) is 5.73 Å². The molecule has 1 heterocycles. The van der Waals surface area contributed by atoms with Crippen molar-refractivity contribution in [1.29, 1.82) is 0 Å². The maximum Gasteiger partial charge on any atom is 0.270 e. The number of aryl methyl sites for hydroxylation is 1. The molecular weight excluding hydrogens is 374 g/mol. The predicted octanol–water partition coefficient (Wildman–Crippen LogP) is 4.37. The quantitative estimate of drug-likeness (QED) is 0.398. The smallest absolute Gasteiger partial charge is 0.270 e. The Hall–Kier alpha value is -2.84. The number of benzene rings is 2. The molecule has 0 atom stereocenters. The second-order valence-corrected chi connectivity index (χ2v) is 6.92. The third-order valence-corrected chi connectivity index (χ3v) is 4.75. The van der Waals surface area contributed by atoms with Crippen LogP contribution in [-0.4, -0.2) is 20.8 Å². The molecule has 0 bridgehead atoms. The molecule has 0 amide bonds. The summed E-state index contributed by atoms with van der Waals surface area (Å²) in [5.74, 6) is 0.246. The Balaban J connectivity index is 1.97. The van der Waals surface area contributed by atoms with Crippen molar-refractivity contribution in [2.45, 2.75) is 16.7 Å². The fraction of sp³-hybridized carbons (Fsp3) is 0.0588. The standard InChI is InChI=1S/C17H14ClN5O2S/c1-11-10-22(17(19)21-11)20-9-12-8-14(23(24)25)4-7-16(12)26-15-5-2-13(18)3-6-15/h2-10H,1H3,(H2,19,21). The lowest BCUT2D eigenvalue weighted by atomic mass is 10.2. The molecule has 3 aromatic rings. The minimum absolute atomic E-state index is 0.0123. The molecule has 0 saturated heterocycles. The Bertz CT molecular complexity index is 985. The largest absolute Gasteiger partial charge is 0.368 e. The summed E-state index contributed by atoms with van der Waals surface area (Å²) in [6.45, 7) is 1.80. The molecule has 2 aromatic carbocycles. The fourth-order valence-electron chi connectivity index (χ4n) is 2.19. The Morgan fingerprint density at radius 2 is 2.04 bits per heavy atom. The third-order valence-electron chi connectivity index (χ3n) is 3.40. The lowest BCUT2D eigenvalue weighted by Gasteiger charge is -2.06. The van der Waals surface area contributed by atoms with Gasteiger partial charge in [0.2, 0.25) is 5.95 Å². The normalized spacial score (nSPS) is 11.2. The predicted molar refractivity (Wildman–Crippen MR) is 103 cm³/mol. The molecule has 0 unspecified atom stereocenters. The highest BCUT2D eigenvalue weighted by atomic mass is 35.5. The van der Waals surface area contributed by atoms with Crippen molar-refractivity contribution in [3.8, 4) is 0 Å². The van der Waals surface area contributed by atoms with Gasteiger partial charge in [0.25, 0.3) is 5.69 Å². The van der Waals surface area contributed by atoms with Gasteiger partial charge in [-0.25, -0.2) is 9.66 Å². The van der Waals surface area contributed by atoms with Gasteiger partial charge in [0, 0.05) is 32.5 Å². The second kappa shape index (κ2) is 7.59. The lowest BCUT2D eigenvalue weighted by molar-refractivity contribution is -0.384. The van der Waals surface area contributed by atoms with Gasteiger partial charge < -0.3 is 5.73 Å². The van der Waals surface area contributed by atoms with Crippen LogP contribution in [-0.2, 0) is 0 Å². The molecule has 1 aromatic heterocycles. The summed E-state index contributed by atoms with van der Waals surface area (Å²) in [5, 5.41) is 16.0. The molecule has 0 fully saturated rings. The van der Waals surface area contributed by atoms with Crippen molar-refractivity contribution in [3.63, 3.8) is 0 Å². The van der Waals surface area contributed by atoms with Gasteiger partial charge in [0.15, 0.2) is 0 Å². The Kier molecular flexibility index (Phi) is 5.24. The first-order valence-corrected chi connectivity index (χ1v) is 8.69. The number of anilines is 1. The zero-order chi connectivity index (χ0) is 18.7. The first kappa shape index (κ1) is 18.0. The summed E-state index contributed by atoms with van der Waals surface area (Å²) in [6.07, 6.45) is 3.21. The highest BCUT2D eigenvalue weighted by Gasteiger charge is 2.11. The van der Waals surface area contributed by atoms with Gasteiger partial charge in [-0.1, -0.05) is 23.4 Å². The van der Waals surface area contributed by atoms with Gasteiger partial charge in [0.1, 0.15) is 0 Å². The average Bonchev–Trinajstić information content (AvgIpc) is 2.93. The molecule has 0 aliphatic carbocycles. The first-order valence-electron chi connectivity index (χ1n) is 7.50. The number of nitrogens with zero attached hydrogens (tertiary/aromatic N) is 4. The van der Waals surface area contributed by atoms with Gasteiger partial charge >= 0.3 is 0 Å². The monoisotopic (exact) mass is 387 g/mol. The number of hydrogen-bond donors (Lipinski definition) is 1. The molecular formula is C17H14ClN5O2S. The van der Waals surface area contributed by atoms with E-state index in [0.29, 0.717) is 10.6 Å². The SMILES string of the molecule is Cc1cn(N=Cc2cc([N+](=O)[O-])ccc2Sc2ccc(Cl)cc2)c(N)n1. The zero-order valence-electron chi connectivity index (χ0n) is 13.7. The van der Waals surface area contributed by atoms with Crippen LogP contribution in [0.15, 0.2) is 63.6 Å². The molecule has 3 rings (SSSR count). The molecule has 0 radical (unpaired) electrons. The van der Waals surface area contributed by atoms with E-state index in [0.717, 1.165) is 15.5 Å². The average molecular weight is 388 g/mol. The van der Waals surface area contributed by atoms with Crippen molar-refractivity contribution < 1.29 is 4.92 Å². The Labute approximate surface area is 158 Å². The lowest BCUT2D eigenvalue weighted by Crippen LogP contribution is -1.98. The van der Waals surface area contributed by atoms with Gasteiger partial charge in [-0.3, -0.25) is 10.1 Å². The van der Waals surface area contributed by atoms with Crippen LogP contribution < -0.4 is 5.73 Å². The summed E-state index contributed by atoms with van der Waals surface area (Å²) in [4.78, 5) is 16.5. The number of hydrogen-bond acceptors (Lipinski definition) is 6. The number of aromatic nitrogens is 2. The molecule has 0 spiro atoms. The molecule has 0 saturated carbocycles. The molecule has 0 aliphatic heterocycles. The van der Waals surface area contributed by atoms with E-state index in [1.54, 1.807) is 31.3 Å². The number of nitro groups is 1. The highest BCUT2D eigenvalue weighted by molar-refractivity contribution is 7.99. The summed E-state index contributed by atoms with van der Waals surface area (Å²) < 4.78 is 1.42. The highest BCUT2D eigenvalue weighted by Crippen LogP contribution is 2.32. The van der Waals surface area contributed by atoms with Crippen LogP contribution in [0.4, 0.5) is 11.6 Å². The van der Waals surface area contributed by atoms with Crippen molar-refractivity contribution in [2.24, 2.45) is 5.10 Å². The minimum atomic E-state index is -0.441. The number of non-ortho nitro benzene ring substituents is 1.